The number of ketones is 1. The Balaban J connectivity index is 2.90. The molecule has 0 fully saturated rings. The van der Waals surface area contributed by atoms with E-state index in [0.29, 0.717) is 34.4 Å². The van der Waals surface area contributed by atoms with Gasteiger partial charge >= 0.3 is 0 Å². The van der Waals surface area contributed by atoms with E-state index in [1.165, 1.54) is 14.2 Å². The molecule has 1 rings (SSSR count). The number of carbonyl (C=O) groups is 1. The predicted molar refractivity (Wildman–Crippen MR) is 73.5 cm³/mol. The first-order chi connectivity index (χ1) is 8.63. The molecule has 0 unspecified atom stereocenters. The predicted octanol–water partition coefficient (Wildman–Crippen LogP) is 3.95. The van der Waals surface area contributed by atoms with Gasteiger partial charge in [-0.3, -0.25) is 4.79 Å². The number of carbonyl (C=O) groups excluding carboxylic acids is 1. The highest BCUT2D eigenvalue weighted by atomic mass is 35.5. The van der Waals surface area contributed by atoms with Crippen molar-refractivity contribution in [1.82, 2.24) is 0 Å². The number of hydrogen-bond acceptors (Lipinski definition) is 3. The maximum atomic E-state index is 11.9. The molecule has 0 saturated carbocycles. The van der Waals surface area contributed by atoms with Crippen LogP contribution in [0.2, 0.25) is 5.02 Å². The number of unbranched alkanes of at least 4 members (excludes halogenated alkanes) is 1. The van der Waals surface area contributed by atoms with E-state index in [9.17, 15) is 4.79 Å². The lowest BCUT2D eigenvalue weighted by Gasteiger charge is -2.11. The van der Waals surface area contributed by atoms with Crippen LogP contribution in [0, 0.1) is 0 Å². The summed E-state index contributed by atoms with van der Waals surface area (Å²) in [5.41, 5.74) is 0.534. The van der Waals surface area contributed by atoms with E-state index in [1.54, 1.807) is 12.1 Å². The Labute approximate surface area is 117 Å². The Bertz CT molecular complexity index is 419. The molecular weight excluding hydrogens is 275 g/mol. The summed E-state index contributed by atoms with van der Waals surface area (Å²) in [7, 11) is 3.02. The lowest BCUT2D eigenvalue weighted by atomic mass is 10.1. The van der Waals surface area contributed by atoms with Crippen LogP contribution >= 0.6 is 23.2 Å². The van der Waals surface area contributed by atoms with Gasteiger partial charge in [-0.25, -0.2) is 0 Å². The smallest absolute Gasteiger partial charge is 0.179 e. The molecule has 1 aromatic rings. The number of methoxy groups -OCH3 is 2. The van der Waals surface area contributed by atoms with Crippen molar-refractivity contribution in [2.75, 3.05) is 20.1 Å². The van der Waals surface area contributed by atoms with Crippen molar-refractivity contribution in [2.24, 2.45) is 0 Å². The van der Waals surface area contributed by atoms with Crippen molar-refractivity contribution < 1.29 is 14.3 Å². The van der Waals surface area contributed by atoms with Crippen LogP contribution in [0.4, 0.5) is 0 Å². The van der Waals surface area contributed by atoms with Gasteiger partial charge in [0, 0.05) is 17.9 Å². The first-order valence-corrected chi connectivity index (χ1v) is 6.56. The summed E-state index contributed by atoms with van der Waals surface area (Å²) in [5.74, 6) is 1.50. The molecule has 3 nitrogen and oxygen atoms in total. The van der Waals surface area contributed by atoms with Crippen LogP contribution < -0.4 is 9.47 Å². The highest BCUT2D eigenvalue weighted by molar-refractivity contribution is 6.32. The van der Waals surface area contributed by atoms with Crippen LogP contribution in [0.1, 0.15) is 29.6 Å². The van der Waals surface area contributed by atoms with Crippen molar-refractivity contribution >= 4 is 29.0 Å². The van der Waals surface area contributed by atoms with Gasteiger partial charge in [-0.05, 0) is 25.0 Å². The second-order valence-corrected chi connectivity index (χ2v) is 4.55. The molecule has 0 amide bonds. The summed E-state index contributed by atoms with van der Waals surface area (Å²) in [6.45, 7) is 0. The summed E-state index contributed by atoms with van der Waals surface area (Å²) in [6.07, 6.45) is 2.06. The maximum absolute atomic E-state index is 11.9. The van der Waals surface area contributed by atoms with E-state index < -0.39 is 0 Å². The molecule has 5 heteroatoms. The minimum Gasteiger partial charge on any atom is -0.493 e. The Hall–Kier alpha value is -0.930. The van der Waals surface area contributed by atoms with Gasteiger partial charge in [0.05, 0.1) is 19.2 Å². The largest absolute Gasteiger partial charge is 0.493 e. The van der Waals surface area contributed by atoms with Crippen molar-refractivity contribution in [2.45, 2.75) is 19.3 Å². The molecule has 100 valence electrons. The summed E-state index contributed by atoms with van der Waals surface area (Å²) in [5, 5.41) is 0.373. The molecule has 1 aromatic carbocycles. The first kappa shape index (κ1) is 15.1. The van der Waals surface area contributed by atoms with Gasteiger partial charge in [-0.1, -0.05) is 11.6 Å². The molecule has 0 spiro atoms. The third kappa shape index (κ3) is 3.79. The lowest BCUT2D eigenvalue weighted by molar-refractivity contribution is 0.0979. The number of benzene rings is 1. The second-order valence-electron chi connectivity index (χ2n) is 3.76. The van der Waals surface area contributed by atoms with Crippen molar-refractivity contribution in [3.05, 3.63) is 22.7 Å². The van der Waals surface area contributed by atoms with Gasteiger partial charge in [-0.2, -0.15) is 0 Å². The summed E-state index contributed by atoms with van der Waals surface area (Å²) in [4.78, 5) is 11.9. The molecule has 0 saturated heterocycles. The first-order valence-electron chi connectivity index (χ1n) is 5.64. The molecule has 0 bridgehead atoms. The molecule has 18 heavy (non-hydrogen) atoms. The van der Waals surface area contributed by atoms with Gasteiger partial charge in [0.15, 0.2) is 17.3 Å². The number of rotatable bonds is 7. The number of ether oxygens (including phenoxy) is 2. The Morgan fingerprint density at radius 1 is 1.22 bits per heavy atom. The summed E-state index contributed by atoms with van der Waals surface area (Å²) in [6, 6.07) is 3.25. The lowest BCUT2D eigenvalue weighted by Crippen LogP contribution is -2.01. The molecule has 0 aliphatic carbocycles. The minimum atomic E-state index is 0.0305. The summed E-state index contributed by atoms with van der Waals surface area (Å²) >= 11 is 11.6. The van der Waals surface area contributed by atoms with Crippen LogP contribution in [-0.2, 0) is 0 Å². The number of halogens is 2. The van der Waals surface area contributed by atoms with Crippen LogP contribution in [0.25, 0.3) is 0 Å². The van der Waals surface area contributed by atoms with Gasteiger partial charge in [0.2, 0.25) is 0 Å². The van der Waals surface area contributed by atoms with Crippen LogP contribution in [-0.4, -0.2) is 25.9 Å². The molecular formula is C13H16Cl2O3. The fourth-order valence-electron chi connectivity index (χ4n) is 1.60. The normalized spacial score (nSPS) is 10.2. The van der Waals surface area contributed by atoms with Crippen LogP contribution in [0.15, 0.2) is 12.1 Å². The van der Waals surface area contributed by atoms with Gasteiger partial charge in [0.25, 0.3) is 0 Å². The zero-order valence-corrected chi connectivity index (χ0v) is 12.0. The van der Waals surface area contributed by atoms with Gasteiger partial charge in [-0.15, -0.1) is 11.6 Å². The SMILES string of the molecule is COc1cc(C(=O)CCCCCl)cc(Cl)c1OC. The van der Waals surface area contributed by atoms with Crippen molar-refractivity contribution in [3.63, 3.8) is 0 Å². The van der Waals surface area contributed by atoms with Crippen molar-refractivity contribution in [1.29, 1.82) is 0 Å². The Kier molecular flexibility index (Phi) is 6.30. The van der Waals surface area contributed by atoms with E-state index in [1.807, 2.05) is 0 Å². The van der Waals surface area contributed by atoms with E-state index in [0.717, 1.165) is 12.8 Å². The fourth-order valence-corrected chi connectivity index (χ4v) is 2.08. The van der Waals surface area contributed by atoms with Gasteiger partial charge in [0.1, 0.15) is 0 Å². The standard InChI is InChI=1S/C13H16Cl2O3/c1-17-12-8-9(7-10(15)13(12)18-2)11(16)5-3-4-6-14/h7-8H,3-6H2,1-2H3. The number of alkyl halides is 1. The molecule has 0 atom stereocenters. The topological polar surface area (TPSA) is 35.5 Å². The zero-order chi connectivity index (χ0) is 13.5. The summed E-state index contributed by atoms with van der Waals surface area (Å²) < 4.78 is 10.3. The molecule has 0 aromatic heterocycles. The minimum absolute atomic E-state index is 0.0305. The number of hydrogen-bond donors (Lipinski definition) is 0. The Morgan fingerprint density at radius 3 is 2.50 bits per heavy atom. The fraction of sp³-hybridized carbons (Fsp3) is 0.462. The molecule has 0 aliphatic rings. The Morgan fingerprint density at radius 2 is 1.94 bits per heavy atom. The average molecular weight is 291 g/mol. The highest BCUT2D eigenvalue weighted by Gasteiger charge is 2.14. The van der Waals surface area contributed by atoms with Crippen LogP contribution in [0.3, 0.4) is 0 Å². The molecule has 0 aliphatic heterocycles. The van der Waals surface area contributed by atoms with E-state index in [-0.39, 0.29) is 5.78 Å². The molecule has 0 radical (unpaired) electrons. The van der Waals surface area contributed by atoms with E-state index >= 15 is 0 Å². The molecule has 0 N–H and O–H groups in total. The van der Waals surface area contributed by atoms with E-state index in [4.69, 9.17) is 32.7 Å². The third-order valence-electron chi connectivity index (χ3n) is 2.54. The van der Waals surface area contributed by atoms with Crippen LogP contribution in [0.5, 0.6) is 11.5 Å². The maximum Gasteiger partial charge on any atom is 0.179 e. The third-order valence-corrected chi connectivity index (χ3v) is 3.09. The second kappa shape index (κ2) is 7.49. The molecule has 0 heterocycles. The van der Waals surface area contributed by atoms with Crippen molar-refractivity contribution in [3.8, 4) is 11.5 Å². The highest BCUT2D eigenvalue weighted by Crippen LogP contribution is 2.36. The van der Waals surface area contributed by atoms with Gasteiger partial charge < -0.3 is 9.47 Å². The zero-order valence-electron chi connectivity index (χ0n) is 10.5. The quantitative estimate of drug-likeness (QED) is 0.433. The average Bonchev–Trinajstić information content (AvgIpc) is 2.37. The van der Waals surface area contributed by atoms with E-state index in [2.05, 4.69) is 0 Å². The monoisotopic (exact) mass is 290 g/mol. The number of Topliss-reactive ketones (excluding diaryl/α,β-unsaturated/α-hetero) is 1.